The Bertz CT molecular complexity index is 414. The minimum absolute atomic E-state index is 0.164. The number of fused-ring (bicyclic) bond motifs is 1. The molecule has 17 heavy (non-hydrogen) atoms. The molecule has 0 saturated heterocycles. The number of rotatable bonds is 3. The van der Waals surface area contributed by atoms with Crippen LogP contribution in [0.15, 0.2) is 24.3 Å². The lowest BCUT2D eigenvalue weighted by molar-refractivity contribution is -0.119. The van der Waals surface area contributed by atoms with Gasteiger partial charge in [-0.3, -0.25) is 4.79 Å². The smallest absolute Gasteiger partial charge is 0.228 e. The van der Waals surface area contributed by atoms with Crippen molar-refractivity contribution in [3.63, 3.8) is 0 Å². The fourth-order valence-electron chi connectivity index (χ4n) is 2.20. The minimum Gasteiger partial charge on any atom is -0.315 e. The summed E-state index contributed by atoms with van der Waals surface area (Å²) in [7, 11) is 1.85. The summed E-state index contributed by atoms with van der Waals surface area (Å²) in [6.45, 7) is 5.29. The molecule has 0 bridgehead atoms. The zero-order chi connectivity index (χ0) is 12.4. The van der Waals surface area contributed by atoms with Gasteiger partial charge in [-0.25, -0.2) is 0 Å². The molecule has 1 N–H and O–H groups in total. The molecule has 1 aliphatic heterocycles. The minimum atomic E-state index is 0.164. The van der Waals surface area contributed by atoms with Crippen LogP contribution < -0.4 is 10.2 Å². The fourth-order valence-corrected chi connectivity index (χ4v) is 2.20. The third-order valence-corrected chi connectivity index (χ3v) is 3.20. The summed E-state index contributed by atoms with van der Waals surface area (Å²) < 4.78 is 0. The van der Waals surface area contributed by atoms with Gasteiger partial charge in [0.2, 0.25) is 5.91 Å². The Labute approximate surface area is 103 Å². The van der Waals surface area contributed by atoms with Crippen molar-refractivity contribution >= 4 is 11.6 Å². The van der Waals surface area contributed by atoms with Gasteiger partial charge in [0.25, 0.3) is 0 Å². The van der Waals surface area contributed by atoms with Crippen LogP contribution in [0.25, 0.3) is 0 Å². The Morgan fingerprint density at radius 2 is 2.12 bits per heavy atom. The van der Waals surface area contributed by atoms with Crippen LogP contribution in [0.4, 0.5) is 5.69 Å². The lowest BCUT2D eigenvalue weighted by atomic mass is 9.96. The van der Waals surface area contributed by atoms with E-state index in [1.807, 2.05) is 25.2 Å². The van der Waals surface area contributed by atoms with Crippen LogP contribution in [-0.2, 0) is 4.79 Å². The predicted molar refractivity (Wildman–Crippen MR) is 70.1 cm³/mol. The molecule has 1 aliphatic rings. The van der Waals surface area contributed by atoms with E-state index >= 15 is 0 Å². The van der Waals surface area contributed by atoms with E-state index in [0.29, 0.717) is 12.3 Å². The number of benzene rings is 1. The number of nitrogens with one attached hydrogen (secondary N) is 1. The van der Waals surface area contributed by atoms with Crippen LogP contribution in [0.3, 0.4) is 0 Å². The number of amides is 1. The lowest BCUT2D eigenvalue weighted by Gasteiger charge is -2.32. The standard InChI is InChI=1S/C14H20N2O/c1-10(2)9-15-12-8-14(17)16(3)13-7-5-4-6-11(12)13/h4-7,10,12,15H,8-9H2,1-3H3. The number of carbonyl (C=O) groups is 1. The van der Waals surface area contributed by atoms with Gasteiger partial charge in [-0.05, 0) is 24.1 Å². The van der Waals surface area contributed by atoms with E-state index in [1.54, 1.807) is 4.90 Å². The van der Waals surface area contributed by atoms with Gasteiger partial charge in [0.05, 0.1) is 0 Å². The lowest BCUT2D eigenvalue weighted by Crippen LogP contribution is -2.38. The normalized spacial score (nSPS) is 19.6. The first kappa shape index (κ1) is 12.1. The Hall–Kier alpha value is -1.35. The van der Waals surface area contributed by atoms with Gasteiger partial charge in [-0.1, -0.05) is 32.0 Å². The highest BCUT2D eigenvalue weighted by Gasteiger charge is 2.28. The monoisotopic (exact) mass is 232 g/mol. The molecule has 1 amide bonds. The average Bonchev–Trinajstić information content (AvgIpc) is 2.32. The Morgan fingerprint density at radius 1 is 1.41 bits per heavy atom. The molecule has 1 atom stereocenters. The van der Waals surface area contributed by atoms with Gasteiger partial charge in [0.1, 0.15) is 0 Å². The zero-order valence-corrected chi connectivity index (χ0v) is 10.7. The van der Waals surface area contributed by atoms with E-state index in [4.69, 9.17) is 0 Å². The van der Waals surface area contributed by atoms with Gasteiger partial charge < -0.3 is 10.2 Å². The number of hydrogen-bond donors (Lipinski definition) is 1. The van der Waals surface area contributed by atoms with Crippen molar-refractivity contribution in [3.8, 4) is 0 Å². The summed E-state index contributed by atoms with van der Waals surface area (Å²) in [5, 5.41) is 3.48. The van der Waals surface area contributed by atoms with Crippen molar-refractivity contribution in [2.24, 2.45) is 5.92 Å². The maximum atomic E-state index is 11.9. The van der Waals surface area contributed by atoms with Crippen LogP contribution in [0.5, 0.6) is 0 Å². The third-order valence-electron chi connectivity index (χ3n) is 3.20. The van der Waals surface area contributed by atoms with Gasteiger partial charge in [-0.2, -0.15) is 0 Å². The Balaban J connectivity index is 2.24. The number of nitrogens with zero attached hydrogens (tertiary/aromatic N) is 1. The SMILES string of the molecule is CC(C)CNC1CC(=O)N(C)c2ccccc21. The number of anilines is 1. The van der Waals surface area contributed by atoms with Crippen molar-refractivity contribution in [2.45, 2.75) is 26.3 Å². The summed E-state index contributed by atoms with van der Waals surface area (Å²) in [4.78, 5) is 13.7. The highest BCUT2D eigenvalue weighted by atomic mass is 16.2. The van der Waals surface area contributed by atoms with Gasteiger partial charge in [-0.15, -0.1) is 0 Å². The molecule has 1 aromatic rings. The molecule has 0 spiro atoms. The van der Waals surface area contributed by atoms with E-state index in [2.05, 4.69) is 25.2 Å². The van der Waals surface area contributed by atoms with Crippen LogP contribution in [0, 0.1) is 5.92 Å². The summed E-state index contributed by atoms with van der Waals surface area (Å²) in [6, 6.07) is 8.30. The highest BCUT2D eigenvalue weighted by molar-refractivity contribution is 5.96. The van der Waals surface area contributed by atoms with E-state index in [9.17, 15) is 4.79 Å². The van der Waals surface area contributed by atoms with Gasteiger partial charge in [0.15, 0.2) is 0 Å². The molecule has 1 unspecified atom stereocenters. The number of carbonyl (C=O) groups excluding carboxylic acids is 1. The van der Waals surface area contributed by atoms with Crippen LogP contribution in [-0.4, -0.2) is 19.5 Å². The van der Waals surface area contributed by atoms with E-state index in [0.717, 1.165) is 12.2 Å². The van der Waals surface area contributed by atoms with Crippen molar-refractivity contribution in [1.29, 1.82) is 0 Å². The van der Waals surface area contributed by atoms with Crippen molar-refractivity contribution in [3.05, 3.63) is 29.8 Å². The zero-order valence-electron chi connectivity index (χ0n) is 10.7. The van der Waals surface area contributed by atoms with Crippen LogP contribution >= 0.6 is 0 Å². The van der Waals surface area contributed by atoms with Crippen LogP contribution in [0.1, 0.15) is 31.9 Å². The Morgan fingerprint density at radius 3 is 2.82 bits per heavy atom. The largest absolute Gasteiger partial charge is 0.315 e. The van der Waals surface area contributed by atoms with Crippen molar-refractivity contribution < 1.29 is 4.79 Å². The molecule has 0 aliphatic carbocycles. The Kier molecular flexibility index (Phi) is 3.48. The molecule has 0 saturated carbocycles. The van der Waals surface area contributed by atoms with E-state index in [-0.39, 0.29) is 11.9 Å². The quantitative estimate of drug-likeness (QED) is 0.867. The first-order valence-electron chi connectivity index (χ1n) is 6.18. The molecule has 1 aromatic carbocycles. The second-order valence-corrected chi connectivity index (χ2v) is 5.07. The molecule has 0 fully saturated rings. The maximum absolute atomic E-state index is 11.9. The second-order valence-electron chi connectivity index (χ2n) is 5.07. The summed E-state index contributed by atoms with van der Waals surface area (Å²) in [5.74, 6) is 0.780. The first-order valence-corrected chi connectivity index (χ1v) is 6.18. The van der Waals surface area contributed by atoms with Gasteiger partial charge >= 0.3 is 0 Å². The molecule has 1 heterocycles. The number of para-hydroxylation sites is 1. The van der Waals surface area contributed by atoms with Crippen molar-refractivity contribution in [1.82, 2.24) is 5.32 Å². The summed E-state index contributed by atoms with van der Waals surface area (Å²) in [6.07, 6.45) is 0.556. The van der Waals surface area contributed by atoms with Crippen molar-refractivity contribution in [2.75, 3.05) is 18.5 Å². The average molecular weight is 232 g/mol. The molecule has 92 valence electrons. The third kappa shape index (κ3) is 2.50. The molecule has 3 nitrogen and oxygen atoms in total. The topological polar surface area (TPSA) is 32.3 Å². The second kappa shape index (κ2) is 4.88. The van der Waals surface area contributed by atoms with Gasteiger partial charge in [0, 0.05) is 25.2 Å². The highest BCUT2D eigenvalue weighted by Crippen LogP contribution is 2.33. The first-order chi connectivity index (χ1) is 8.09. The molecular formula is C14H20N2O. The summed E-state index contributed by atoms with van der Waals surface area (Å²) >= 11 is 0. The maximum Gasteiger partial charge on any atom is 0.228 e. The fraction of sp³-hybridized carbons (Fsp3) is 0.500. The molecule has 3 heteroatoms. The molecular weight excluding hydrogens is 212 g/mol. The molecule has 0 radical (unpaired) electrons. The van der Waals surface area contributed by atoms with E-state index < -0.39 is 0 Å². The number of hydrogen-bond acceptors (Lipinski definition) is 2. The molecule has 0 aromatic heterocycles. The molecule has 2 rings (SSSR count). The summed E-state index contributed by atoms with van der Waals surface area (Å²) in [5.41, 5.74) is 2.26. The predicted octanol–water partition coefficient (Wildman–Crippen LogP) is 2.34. The van der Waals surface area contributed by atoms with E-state index in [1.165, 1.54) is 5.56 Å². The van der Waals surface area contributed by atoms with Crippen LogP contribution in [0.2, 0.25) is 0 Å².